The van der Waals surface area contributed by atoms with Gasteiger partial charge in [-0.3, -0.25) is 0 Å². The van der Waals surface area contributed by atoms with Crippen molar-refractivity contribution < 1.29 is 23.0 Å². The number of aliphatic hydroxyl groups is 1. The van der Waals surface area contributed by atoms with Gasteiger partial charge >= 0.3 is 6.18 Å². The third-order valence-electron chi connectivity index (χ3n) is 1.87. The smallest absolute Gasteiger partial charge is 0.392 e. The first-order valence-electron chi connectivity index (χ1n) is 4.98. The molecule has 0 saturated heterocycles. The van der Waals surface area contributed by atoms with E-state index in [0.717, 1.165) is 10.5 Å². The minimum Gasteiger partial charge on any atom is -0.392 e. The number of hydrogen-bond acceptors (Lipinski definition) is 3. The van der Waals surface area contributed by atoms with E-state index in [4.69, 9.17) is 5.11 Å². The Morgan fingerprint density at radius 3 is 2.35 bits per heavy atom. The fourth-order valence-corrected chi connectivity index (χ4v) is 1.86. The number of ether oxygens (including phenoxy) is 1. The van der Waals surface area contributed by atoms with Crippen molar-refractivity contribution in [3.63, 3.8) is 0 Å². The minimum absolute atomic E-state index is 0.0142. The minimum atomic E-state index is -4.26. The molecule has 17 heavy (non-hydrogen) atoms. The van der Waals surface area contributed by atoms with E-state index < -0.39 is 12.8 Å². The van der Waals surface area contributed by atoms with Gasteiger partial charge in [0.2, 0.25) is 0 Å². The van der Waals surface area contributed by atoms with Crippen molar-refractivity contribution in [1.82, 2.24) is 0 Å². The largest absolute Gasteiger partial charge is 0.411 e. The van der Waals surface area contributed by atoms with Crippen molar-refractivity contribution in [2.45, 2.75) is 17.7 Å². The van der Waals surface area contributed by atoms with Crippen LogP contribution < -0.4 is 0 Å². The predicted octanol–water partition coefficient (Wildman–Crippen LogP) is 2.85. The van der Waals surface area contributed by atoms with E-state index in [1.807, 2.05) is 12.1 Å². The maximum atomic E-state index is 11.7. The number of thioether (sulfide) groups is 1. The summed E-state index contributed by atoms with van der Waals surface area (Å²) in [5.74, 6) is 0.467. The summed E-state index contributed by atoms with van der Waals surface area (Å²) in [6, 6.07) is 7.19. The molecule has 0 amide bonds. The second kappa shape index (κ2) is 6.88. The monoisotopic (exact) mass is 266 g/mol. The summed E-state index contributed by atoms with van der Waals surface area (Å²) < 4.78 is 39.7. The fourth-order valence-electron chi connectivity index (χ4n) is 1.10. The van der Waals surface area contributed by atoms with Gasteiger partial charge in [-0.15, -0.1) is 11.8 Å². The van der Waals surface area contributed by atoms with E-state index in [-0.39, 0.29) is 13.2 Å². The van der Waals surface area contributed by atoms with Gasteiger partial charge in [0.05, 0.1) is 13.2 Å². The van der Waals surface area contributed by atoms with E-state index in [1.54, 1.807) is 12.1 Å². The maximum absolute atomic E-state index is 11.7. The Bertz CT molecular complexity index is 324. The standard InChI is InChI=1S/C11H13F3O2S/c12-11(13,14)8-16-5-6-17-10-3-1-9(7-15)2-4-10/h1-4,15H,5-8H2. The topological polar surface area (TPSA) is 29.5 Å². The number of benzene rings is 1. The van der Waals surface area contributed by atoms with E-state index in [1.165, 1.54) is 11.8 Å². The summed E-state index contributed by atoms with van der Waals surface area (Å²) in [6.07, 6.45) is -4.26. The molecule has 6 heteroatoms. The SMILES string of the molecule is OCc1ccc(SCCOCC(F)(F)F)cc1. The lowest BCUT2D eigenvalue weighted by molar-refractivity contribution is -0.172. The van der Waals surface area contributed by atoms with Crippen LogP contribution in [0.1, 0.15) is 5.56 Å². The molecule has 1 rings (SSSR count). The van der Waals surface area contributed by atoms with Gasteiger partial charge in [-0.1, -0.05) is 12.1 Å². The molecule has 96 valence electrons. The Labute approximate surface area is 102 Å². The second-order valence-electron chi connectivity index (χ2n) is 3.32. The van der Waals surface area contributed by atoms with E-state index >= 15 is 0 Å². The Hall–Kier alpha value is -0.720. The second-order valence-corrected chi connectivity index (χ2v) is 4.49. The molecule has 0 aromatic heterocycles. The van der Waals surface area contributed by atoms with Gasteiger partial charge in [0.25, 0.3) is 0 Å². The van der Waals surface area contributed by atoms with Crippen molar-refractivity contribution in [3.8, 4) is 0 Å². The van der Waals surface area contributed by atoms with Crippen LogP contribution in [-0.4, -0.2) is 30.2 Å². The van der Waals surface area contributed by atoms with Crippen LogP contribution in [0.5, 0.6) is 0 Å². The van der Waals surface area contributed by atoms with Crippen LogP contribution in [0.3, 0.4) is 0 Å². The Kier molecular flexibility index (Phi) is 5.80. The molecule has 0 aliphatic carbocycles. The van der Waals surface area contributed by atoms with Gasteiger partial charge in [-0.25, -0.2) is 0 Å². The predicted molar refractivity (Wildman–Crippen MR) is 60.0 cm³/mol. The molecule has 0 heterocycles. The van der Waals surface area contributed by atoms with Crippen LogP contribution in [-0.2, 0) is 11.3 Å². The maximum Gasteiger partial charge on any atom is 0.411 e. The Morgan fingerprint density at radius 2 is 1.82 bits per heavy atom. The zero-order valence-electron chi connectivity index (χ0n) is 9.04. The molecular formula is C11H13F3O2S. The van der Waals surface area contributed by atoms with E-state index in [0.29, 0.717) is 5.75 Å². The fraction of sp³-hybridized carbons (Fsp3) is 0.455. The summed E-state index contributed by atoms with van der Waals surface area (Å²) >= 11 is 1.42. The summed E-state index contributed by atoms with van der Waals surface area (Å²) in [5.41, 5.74) is 0.808. The lowest BCUT2D eigenvalue weighted by atomic mass is 10.2. The lowest BCUT2D eigenvalue weighted by Crippen LogP contribution is -2.17. The van der Waals surface area contributed by atoms with E-state index in [9.17, 15) is 13.2 Å². The number of aliphatic hydroxyl groups excluding tert-OH is 1. The van der Waals surface area contributed by atoms with Gasteiger partial charge in [-0.2, -0.15) is 13.2 Å². The molecule has 0 saturated carbocycles. The molecule has 2 nitrogen and oxygen atoms in total. The number of halogens is 3. The summed E-state index contributed by atoms with van der Waals surface area (Å²) in [7, 11) is 0. The normalized spacial score (nSPS) is 11.8. The van der Waals surface area contributed by atoms with Crippen LogP contribution in [0.4, 0.5) is 13.2 Å². The number of rotatable bonds is 6. The highest BCUT2D eigenvalue weighted by Gasteiger charge is 2.27. The van der Waals surface area contributed by atoms with Crippen LogP contribution in [0.25, 0.3) is 0 Å². The molecule has 0 aliphatic rings. The Balaban J connectivity index is 2.18. The van der Waals surface area contributed by atoms with Crippen molar-refractivity contribution in [3.05, 3.63) is 29.8 Å². The molecule has 0 aliphatic heterocycles. The van der Waals surface area contributed by atoms with Crippen molar-refractivity contribution in [1.29, 1.82) is 0 Å². The number of hydrogen-bond donors (Lipinski definition) is 1. The molecule has 0 radical (unpaired) electrons. The van der Waals surface area contributed by atoms with Crippen molar-refractivity contribution >= 4 is 11.8 Å². The highest BCUT2D eigenvalue weighted by molar-refractivity contribution is 7.99. The summed E-state index contributed by atoms with van der Waals surface area (Å²) in [4.78, 5) is 0.942. The third-order valence-corrected chi connectivity index (χ3v) is 2.84. The first kappa shape index (κ1) is 14.3. The molecule has 0 unspecified atom stereocenters. The van der Waals surface area contributed by atoms with Crippen molar-refractivity contribution in [2.24, 2.45) is 0 Å². The van der Waals surface area contributed by atoms with Gasteiger partial charge < -0.3 is 9.84 Å². The summed E-state index contributed by atoms with van der Waals surface area (Å²) in [6.45, 7) is -1.15. The van der Waals surface area contributed by atoms with Crippen LogP contribution >= 0.6 is 11.8 Å². The van der Waals surface area contributed by atoms with Gasteiger partial charge in [0.15, 0.2) is 0 Å². The van der Waals surface area contributed by atoms with Crippen LogP contribution in [0.2, 0.25) is 0 Å². The van der Waals surface area contributed by atoms with Gasteiger partial charge in [-0.05, 0) is 17.7 Å². The zero-order valence-corrected chi connectivity index (χ0v) is 9.85. The van der Waals surface area contributed by atoms with Crippen molar-refractivity contribution in [2.75, 3.05) is 19.0 Å². The first-order valence-corrected chi connectivity index (χ1v) is 5.97. The molecular weight excluding hydrogens is 253 g/mol. The van der Waals surface area contributed by atoms with Crippen LogP contribution in [0, 0.1) is 0 Å². The molecule has 1 N–H and O–H groups in total. The third kappa shape index (κ3) is 6.55. The molecule has 0 fully saturated rings. The van der Waals surface area contributed by atoms with Gasteiger partial charge in [0, 0.05) is 10.6 Å². The summed E-state index contributed by atoms with van der Waals surface area (Å²) in [5, 5.41) is 8.82. The zero-order chi connectivity index (χ0) is 12.7. The van der Waals surface area contributed by atoms with E-state index in [2.05, 4.69) is 4.74 Å². The van der Waals surface area contributed by atoms with Crippen LogP contribution in [0.15, 0.2) is 29.2 Å². The molecule has 0 atom stereocenters. The first-order chi connectivity index (χ1) is 8.01. The molecule has 1 aromatic rings. The average Bonchev–Trinajstić information content (AvgIpc) is 2.28. The number of alkyl halides is 3. The lowest BCUT2D eigenvalue weighted by Gasteiger charge is -2.07. The molecule has 0 bridgehead atoms. The highest BCUT2D eigenvalue weighted by atomic mass is 32.2. The van der Waals surface area contributed by atoms with Gasteiger partial charge in [0.1, 0.15) is 6.61 Å². The highest BCUT2D eigenvalue weighted by Crippen LogP contribution is 2.19. The Morgan fingerprint density at radius 1 is 1.18 bits per heavy atom. The molecule has 1 aromatic carbocycles. The molecule has 0 spiro atoms. The quantitative estimate of drug-likeness (QED) is 0.634. The average molecular weight is 266 g/mol.